The summed E-state index contributed by atoms with van der Waals surface area (Å²) in [5, 5.41) is 0. The first kappa shape index (κ1) is 18.1. The maximum Gasteiger partial charge on any atom is -0.0412 e. The zero-order valence-corrected chi connectivity index (χ0v) is 14.6. The van der Waals surface area contributed by atoms with E-state index in [0.717, 1.165) is 17.8 Å². The average molecular weight is 281 g/mol. The van der Waals surface area contributed by atoms with Crippen molar-refractivity contribution in [3.8, 4) is 0 Å². The highest BCUT2D eigenvalue weighted by molar-refractivity contribution is 4.73. The maximum atomic E-state index is 2.33. The molecule has 0 radical (unpaired) electrons. The Balaban J connectivity index is 0.000000221. The summed E-state index contributed by atoms with van der Waals surface area (Å²) < 4.78 is 0. The van der Waals surface area contributed by atoms with E-state index in [0.29, 0.717) is 0 Å². The van der Waals surface area contributed by atoms with Gasteiger partial charge in [0.15, 0.2) is 0 Å². The van der Waals surface area contributed by atoms with Crippen LogP contribution in [0.3, 0.4) is 0 Å². The van der Waals surface area contributed by atoms with Crippen molar-refractivity contribution in [2.45, 2.75) is 111 Å². The third-order valence-corrected chi connectivity index (χ3v) is 5.61. The standard InChI is InChI=1S/C12H22.C8H18/c1-2-6-11(7-3-1)10-12-8-4-5-9-12;1-4-6-7-8(3)5-2/h11-12H,1-10H2;8H,4-7H2,1-3H3. The van der Waals surface area contributed by atoms with Crippen LogP contribution in [-0.2, 0) is 0 Å². The van der Waals surface area contributed by atoms with Crippen molar-refractivity contribution in [1.29, 1.82) is 0 Å². The molecule has 0 saturated heterocycles. The molecule has 0 bridgehead atoms. The number of hydrogen-bond acceptors (Lipinski definition) is 0. The average Bonchev–Trinajstić information content (AvgIpc) is 2.99. The maximum absolute atomic E-state index is 2.33. The largest absolute Gasteiger partial charge is 0.0654 e. The van der Waals surface area contributed by atoms with E-state index in [1.54, 1.807) is 32.1 Å². The van der Waals surface area contributed by atoms with E-state index in [-0.39, 0.29) is 0 Å². The van der Waals surface area contributed by atoms with Crippen LogP contribution in [0.5, 0.6) is 0 Å². The first-order valence-electron chi connectivity index (χ1n) is 9.76. The minimum absolute atomic E-state index is 0.954. The van der Waals surface area contributed by atoms with E-state index in [2.05, 4.69) is 20.8 Å². The molecule has 0 aliphatic heterocycles. The molecule has 0 N–H and O–H groups in total. The third-order valence-electron chi connectivity index (χ3n) is 5.61. The Hall–Kier alpha value is 0. The highest BCUT2D eigenvalue weighted by Gasteiger charge is 2.21. The van der Waals surface area contributed by atoms with Gasteiger partial charge in [0.05, 0.1) is 0 Å². The molecule has 0 aromatic carbocycles. The monoisotopic (exact) mass is 280 g/mol. The first-order valence-corrected chi connectivity index (χ1v) is 9.76. The topological polar surface area (TPSA) is 0 Å². The molecule has 20 heavy (non-hydrogen) atoms. The summed E-state index contributed by atoms with van der Waals surface area (Å²) in [6.07, 6.45) is 20.9. The SMILES string of the molecule is C1CCC(CC2CCCC2)CC1.CCCCC(C)CC. The van der Waals surface area contributed by atoms with Gasteiger partial charge in [-0.15, -0.1) is 0 Å². The molecule has 2 aliphatic rings. The summed E-state index contributed by atoms with van der Waals surface area (Å²) in [7, 11) is 0. The fourth-order valence-electron chi connectivity index (χ4n) is 3.90. The van der Waals surface area contributed by atoms with Crippen LogP contribution in [0, 0.1) is 17.8 Å². The molecular weight excluding hydrogens is 240 g/mol. The lowest BCUT2D eigenvalue weighted by atomic mass is 9.82. The van der Waals surface area contributed by atoms with E-state index in [1.165, 1.54) is 57.8 Å². The van der Waals surface area contributed by atoms with Gasteiger partial charge in [-0.05, 0) is 24.2 Å². The molecular formula is C20H40. The molecule has 0 aromatic heterocycles. The van der Waals surface area contributed by atoms with Crippen LogP contribution in [0.15, 0.2) is 0 Å². The van der Waals surface area contributed by atoms with Crippen LogP contribution in [0.25, 0.3) is 0 Å². The normalized spacial score (nSPS) is 22.4. The molecule has 1 atom stereocenters. The smallest absolute Gasteiger partial charge is 0.0412 e. The lowest BCUT2D eigenvalue weighted by Gasteiger charge is -2.24. The Kier molecular flexibility index (Phi) is 10.5. The van der Waals surface area contributed by atoms with Gasteiger partial charge in [-0.2, -0.15) is 0 Å². The fraction of sp³-hybridized carbons (Fsp3) is 1.00. The van der Waals surface area contributed by atoms with Gasteiger partial charge in [0.25, 0.3) is 0 Å². The molecule has 2 rings (SSSR count). The number of unbranched alkanes of at least 4 members (excludes halogenated alkanes) is 1. The predicted molar refractivity (Wildman–Crippen MR) is 92.1 cm³/mol. The number of hydrogen-bond donors (Lipinski definition) is 0. The van der Waals surface area contributed by atoms with Crippen LogP contribution >= 0.6 is 0 Å². The van der Waals surface area contributed by atoms with Crippen molar-refractivity contribution >= 4 is 0 Å². The second kappa shape index (κ2) is 11.6. The second-order valence-electron chi connectivity index (χ2n) is 7.55. The molecule has 2 aliphatic carbocycles. The Morgan fingerprint density at radius 3 is 1.75 bits per heavy atom. The molecule has 2 saturated carbocycles. The number of rotatable bonds is 6. The van der Waals surface area contributed by atoms with E-state index >= 15 is 0 Å². The van der Waals surface area contributed by atoms with Crippen molar-refractivity contribution in [2.24, 2.45) is 17.8 Å². The molecule has 0 heterocycles. The zero-order chi connectivity index (χ0) is 14.6. The van der Waals surface area contributed by atoms with E-state index in [1.807, 2.05) is 0 Å². The first-order chi connectivity index (χ1) is 9.76. The minimum Gasteiger partial charge on any atom is -0.0654 e. The lowest BCUT2D eigenvalue weighted by Crippen LogP contribution is -2.10. The van der Waals surface area contributed by atoms with Gasteiger partial charge in [0.1, 0.15) is 0 Å². The van der Waals surface area contributed by atoms with Crippen LogP contribution in [-0.4, -0.2) is 0 Å². The highest BCUT2D eigenvalue weighted by Crippen LogP contribution is 2.35. The van der Waals surface area contributed by atoms with Crippen molar-refractivity contribution in [3.05, 3.63) is 0 Å². The highest BCUT2D eigenvalue weighted by atomic mass is 14.3. The Morgan fingerprint density at radius 1 is 0.800 bits per heavy atom. The quantitative estimate of drug-likeness (QED) is 0.476. The van der Waals surface area contributed by atoms with E-state index in [4.69, 9.17) is 0 Å². The van der Waals surface area contributed by atoms with Crippen LogP contribution < -0.4 is 0 Å². The lowest BCUT2D eigenvalue weighted by molar-refractivity contribution is 0.289. The summed E-state index contributed by atoms with van der Waals surface area (Å²) in [4.78, 5) is 0. The van der Waals surface area contributed by atoms with Gasteiger partial charge in [-0.3, -0.25) is 0 Å². The molecule has 0 amide bonds. The van der Waals surface area contributed by atoms with Gasteiger partial charge < -0.3 is 0 Å². The molecule has 2 fully saturated rings. The molecule has 0 aromatic rings. The van der Waals surface area contributed by atoms with Crippen molar-refractivity contribution in [1.82, 2.24) is 0 Å². The summed E-state index contributed by atoms with van der Waals surface area (Å²) >= 11 is 0. The second-order valence-corrected chi connectivity index (χ2v) is 7.55. The van der Waals surface area contributed by atoms with E-state index in [9.17, 15) is 0 Å². The minimum atomic E-state index is 0.954. The van der Waals surface area contributed by atoms with Gasteiger partial charge in [0.2, 0.25) is 0 Å². The van der Waals surface area contributed by atoms with Gasteiger partial charge in [0, 0.05) is 0 Å². The predicted octanol–water partition coefficient (Wildman–Crippen LogP) is 7.37. The Bertz CT molecular complexity index is 196. The zero-order valence-electron chi connectivity index (χ0n) is 14.6. The summed E-state index contributed by atoms with van der Waals surface area (Å²) in [6, 6.07) is 0. The van der Waals surface area contributed by atoms with Gasteiger partial charge >= 0.3 is 0 Å². The van der Waals surface area contributed by atoms with Crippen molar-refractivity contribution in [2.75, 3.05) is 0 Å². The molecule has 120 valence electrons. The van der Waals surface area contributed by atoms with Crippen molar-refractivity contribution < 1.29 is 0 Å². The van der Waals surface area contributed by atoms with Gasteiger partial charge in [-0.25, -0.2) is 0 Å². The molecule has 0 nitrogen and oxygen atoms in total. The van der Waals surface area contributed by atoms with Crippen molar-refractivity contribution in [3.63, 3.8) is 0 Å². The van der Waals surface area contributed by atoms with Crippen LogP contribution in [0.4, 0.5) is 0 Å². The third kappa shape index (κ3) is 8.32. The van der Waals surface area contributed by atoms with Crippen LogP contribution in [0.2, 0.25) is 0 Å². The Morgan fingerprint density at radius 2 is 1.30 bits per heavy atom. The summed E-state index contributed by atoms with van der Waals surface area (Å²) in [5.41, 5.74) is 0. The summed E-state index contributed by atoms with van der Waals surface area (Å²) in [6.45, 7) is 6.85. The molecule has 0 heteroatoms. The Labute approximate surface area is 129 Å². The van der Waals surface area contributed by atoms with E-state index < -0.39 is 0 Å². The van der Waals surface area contributed by atoms with Crippen LogP contribution in [0.1, 0.15) is 111 Å². The van der Waals surface area contributed by atoms with Gasteiger partial charge in [-0.1, -0.05) is 104 Å². The summed E-state index contributed by atoms with van der Waals surface area (Å²) in [5.74, 6) is 3.21. The molecule has 0 spiro atoms. The fourth-order valence-corrected chi connectivity index (χ4v) is 3.90. The molecule has 1 unspecified atom stereocenters.